The van der Waals surface area contributed by atoms with Crippen molar-refractivity contribution < 1.29 is 26.3 Å². The van der Waals surface area contributed by atoms with E-state index in [1.165, 1.54) is 0 Å². The van der Waals surface area contributed by atoms with Gasteiger partial charge in [-0.25, -0.2) is 0 Å². The zero-order valence-corrected chi connectivity index (χ0v) is 8.52. The number of hydrogen-bond acceptors (Lipinski definition) is 3. The third-order valence-corrected chi connectivity index (χ3v) is 2.37. The summed E-state index contributed by atoms with van der Waals surface area (Å²) in [5.74, 6) is -0.407. The van der Waals surface area contributed by atoms with Gasteiger partial charge in [-0.3, -0.25) is 10.00 Å². The van der Waals surface area contributed by atoms with Gasteiger partial charge in [-0.05, 0) is 0 Å². The van der Waals surface area contributed by atoms with E-state index >= 15 is 0 Å². The molecule has 2 rings (SSSR count). The first-order chi connectivity index (χ1) is 8.10. The molecule has 0 atom stereocenters. The zero-order chi connectivity index (χ0) is 13.7. The molecule has 0 saturated heterocycles. The summed E-state index contributed by atoms with van der Waals surface area (Å²) in [7, 11) is 0. The number of nitrogens with two attached hydrogens (primary N) is 1. The quantitative estimate of drug-likeness (QED) is 0.562. The summed E-state index contributed by atoms with van der Waals surface area (Å²) in [5.41, 5.74) is 2.86. The molecule has 0 radical (unpaired) electrons. The number of halogens is 6. The predicted molar refractivity (Wildman–Crippen MR) is 48.6 cm³/mol. The van der Waals surface area contributed by atoms with Crippen molar-refractivity contribution in [3.63, 3.8) is 0 Å². The SMILES string of the molecule is Nc1[nH]nc2c1C(C(F)(F)F)=CN(C(F)(F)F)C2. The Balaban J connectivity index is 2.56. The third kappa shape index (κ3) is 1.97. The van der Waals surface area contributed by atoms with Crippen LogP contribution in [-0.2, 0) is 6.54 Å². The first-order valence-electron chi connectivity index (χ1n) is 4.56. The lowest BCUT2D eigenvalue weighted by Crippen LogP contribution is -2.36. The second-order valence-electron chi connectivity index (χ2n) is 3.60. The van der Waals surface area contributed by atoms with Gasteiger partial charge in [-0.1, -0.05) is 0 Å². The summed E-state index contributed by atoms with van der Waals surface area (Å²) in [5, 5.41) is 5.40. The zero-order valence-electron chi connectivity index (χ0n) is 8.52. The molecule has 0 fully saturated rings. The molecular formula is C8H6F6N4. The van der Waals surface area contributed by atoms with Crippen molar-refractivity contribution in [1.29, 1.82) is 0 Å². The first-order valence-corrected chi connectivity index (χ1v) is 4.56. The van der Waals surface area contributed by atoms with Gasteiger partial charge in [0.1, 0.15) is 5.82 Å². The highest BCUT2D eigenvalue weighted by Gasteiger charge is 2.46. The molecule has 1 aromatic rings. The van der Waals surface area contributed by atoms with Crippen LogP contribution in [0.15, 0.2) is 6.20 Å². The number of nitrogen functional groups attached to an aromatic ring is 1. The molecule has 2 heterocycles. The number of rotatable bonds is 0. The van der Waals surface area contributed by atoms with Crippen molar-refractivity contribution in [3.05, 3.63) is 17.5 Å². The number of H-pyrrole nitrogens is 1. The van der Waals surface area contributed by atoms with Crippen molar-refractivity contribution in [3.8, 4) is 0 Å². The summed E-state index contributed by atoms with van der Waals surface area (Å²) in [4.78, 5) is -0.390. The van der Waals surface area contributed by atoms with E-state index in [0.717, 1.165) is 0 Å². The highest BCUT2D eigenvalue weighted by atomic mass is 19.4. The molecule has 100 valence electrons. The van der Waals surface area contributed by atoms with Crippen molar-refractivity contribution >= 4 is 11.4 Å². The van der Waals surface area contributed by atoms with E-state index in [9.17, 15) is 26.3 Å². The lowest BCUT2D eigenvalue weighted by atomic mass is 10.0. The minimum atomic E-state index is -4.95. The number of nitrogens with zero attached hydrogens (tertiary/aromatic N) is 2. The number of nitrogens with one attached hydrogen (secondary N) is 1. The molecule has 1 aliphatic rings. The molecule has 4 nitrogen and oxygen atoms in total. The first kappa shape index (κ1) is 12.6. The van der Waals surface area contributed by atoms with Gasteiger partial charge in [-0.15, -0.1) is 0 Å². The van der Waals surface area contributed by atoms with Gasteiger partial charge >= 0.3 is 12.5 Å². The lowest BCUT2D eigenvalue weighted by molar-refractivity contribution is -0.232. The fraction of sp³-hybridized carbons (Fsp3) is 0.375. The number of anilines is 1. The molecule has 1 aromatic heterocycles. The maximum atomic E-state index is 12.7. The van der Waals surface area contributed by atoms with Gasteiger partial charge in [0, 0.05) is 6.20 Å². The van der Waals surface area contributed by atoms with Crippen molar-refractivity contribution in [2.24, 2.45) is 0 Å². The van der Waals surface area contributed by atoms with Gasteiger partial charge in [-0.2, -0.15) is 31.4 Å². The highest BCUT2D eigenvalue weighted by molar-refractivity contribution is 5.78. The predicted octanol–water partition coefficient (Wildman–Crippen LogP) is 2.23. The average Bonchev–Trinajstić information content (AvgIpc) is 2.56. The molecule has 1 aliphatic heterocycles. The Morgan fingerprint density at radius 2 is 1.83 bits per heavy atom. The number of alkyl halides is 6. The Hall–Kier alpha value is -1.87. The van der Waals surface area contributed by atoms with Crippen molar-refractivity contribution in [2.75, 3.05) is 5.73 Å². The second kappa shape index (κ2) is 3.56. The van der Waals surface area contributed by atoms with Crippen LogP contribution in [0.3, 0.4) is 0 Å². The summed E-state index contributed by atoms with van der Waals surface area (Å²) in [6, 6.07) is 0. The Labute approximate surface area is 96.1 Å². The van der Waals surface area contributed by atoms with E-state index < -0.39 is 40.9 Å². The normalized spacial score (nSPS) is 16.6. The molecule has 0 saturated carbocycles. The van der Waals surface area contributed by atoms with E-state index in [1.54, 1.807) is 0 Å². The van der Waals surface area contributed by atoms with Gasteiger partial charge < -0.3 is 5.73 Å². The second-order valence-corrected chi connectivity index (χ2v) is 3.60. The van der Waals surface area contributed by atoms with E-state index in [1.807, 2.05) is 5.10 Å². The maximum Gasteiger partial charge on any atom is 0.484 e. The van der Waals surface area contributed by atoms with Gasteiger partial charge in [0.25, 0.3) is 0 Å². The molecular weight excluding hydrogens is 266 g/mol. The monoisotopic (exact) mass is 272 g/mol. The number of fused-ring (bicyclic) bond motifs is 1. The third-order valence-electron chi connectivity index (χ3n) is 2.37. The Bertz CT molecular complexity index is 497. The fourth-order valence-electron chi connectivity index (χ4n) is 1.62. The Morgan fingerprint density at radius 1 is 1.22 bits per heavy atom. The van der Waals surface area contributed by atoms with Crippen LogP contribution in [0.25, 0.3) is 5.57 Å². The summed E-state index contributed by atoms with van der Waals surface area (Å²) < 4.78 is 75.4. The topological polar surface area (TPSA) is 57.9 Å². The minimum absolute atomic E-state index is 0.00574. The van der Waals surface area contributed by atoms with Crippen LogP contribution in [0.2, 0.25) is 0 Å². The van der Waals surface area contributed by atoms with Gasteiger partial charge in [0.05, 0.1) is 23.4 Å². The van der Waals surface area contributed by atoms with Gasteiger partial charge in [0.15, 0.2) is 0 Å². The van der Waals surface area contributed by atoms with E-state index in [-0.39, 0.29) is 11.9 Å². The summed E-state index contributed by atoms with van der Waals surface area (Å²) >= 11 is 0. The van der Waals surface area contributed by atoms with Crippen LogP contribution >= 0.6 is 0 Å². The average molecular weight is 272 g/mol. The number of aromatic amines is 1. The number of hydrogen-bond donors (Lipinski definition) is 2. The summed E-state index contributed by atoms with van der Waals surface area (Å²) in [6.45, 7) is -0.813. The fourth-order valence-corrected chi connectivity index (χ4v) is 1.62. The highest BCUT2D eigenvalue weighted by Crippen LogP contribution is 2.42. The van der Waals surface area contributed by atoms with Gasteiger partial charge in [0.2, 0.25) is 0 Å². The Kier molecular flexibility index (Phi) is 2.49. The van der Waals surface area contributed by atoms with Crippen LogP contribution in [0, 0.1) is 0 Å². The van der Waals surface area contributed by atoms with Crippen LogP contribution in [-0.4, -0.2) is 27.6 Å². The molecule has 0 spiro atoms. The van der Waals surface area contributed by atoms with Crippen LogP contribution in [0.5, 0.6) is 0 Å². The molecule has 0 aliphatic carbocycles. The van der Waals surface area contributed by atoms with Crippen LogP contribution in [0.4, 0.5) is 32.2 Å². The maximum absolute atomic E-state index is 12.7. The van der Waals surface area contributed by atoms with E-state index in [4.69, 9.17) is 5.73 Å². The molecule has 10 heteroatoms. The standard InChI is InChI=1S/C8H6F6N4/c9-7(10,11)3-1-18(8(12,13)14)2-4-5(3)6(15)17-16-4/h1H,2H2,(H3,15,16,17). The van der Waals surface area contributed by atoms with Crippen LogP contribution < -0.4 is 5.73 Å². The lowest BCUT2D eigenvalue weighted by Gasteiger charge is -2.28. The van der Waals surface area contributed by atoms with E-state index in [0.29, 0.717) is 0 Å². The van der Waals surface area contributed by atoms with E-state index in [2.05, 4.69) is 5.10 Å². The summed E-state index contributed by atoms with van der Waals surface area (Å²) in [6.07, 6.45) is -9.87. The largest absolute Gasteiger partial charge is 0.484 e. The number of aromatic nitrogens is 2. The molecule has 0 aromatic carbocycles. The number of allylic oxidation sites excluding steroid dienone is 1. The molecule has 18 heavy (non-hydrogen) atoms. The van der Waals surface area contributed by atoms with Crippen LogP contribution in [0.1, 0.15) is 11.3 Å². The molecule has 3 N–H and O–H groups in total. The molecule has 0 amide bonds. The Morgan fingerprint density at radius 3 is 2.33 bits per heavy atom. The molecule has 0 unspecified atom stereocenters. The van der Waals surface area contributed by atoms with Crippen molar-refractivity contribution in [1.82, 2.24) is 15.1 Å². The smallest absolute Gasteiger partial charge is 0.384 e. The minimum Gasteiger partial charge on any atom is -0.384 e. The van der Waals surface area contributed by atoms with Crippen molar-refractivity contribution in [2.45, 2.75) is 19.0 Å². The molecule has 0 bridgehead atoms.